The van der Waals surface area contributed by atoms with Crippen LogP contribution in [0.3, 0.4) is 0 Å². The third kappa shape index (κ3) is 6.34. The summed E-state index contributed by atoms with van der Waals surface area (Å²) in [6.07, 6.45) is 1.83. The molecule has 0 radical (unpaired) electrons. The second kappa shape index (κ2) is 14.5. The Morgan fingerprint density at radius 1 is 0.736 bits per heavy atom. The maximum Gasteiger partial charge on any atom is 0.229 e. The molecule has 0 saturated heterocycles. The minimum atomic E-state index is -0.694. The van der Waals surface area contributed by atoms with E-state index >= 15 is 0 Å². The molecule has 1 aliphatic rings. The average Bonchev–Trinajstić information content (AvgIpc) is 3.10. The van der Waals surface area contributed by atoms with E-state index in [1.807, 2.05) is 76.2 Å². The van der Waals surface area contributed by atoms with Gasteiger partial charge >= 0.3 is 0 Å². The van der Waals surface area contributed by atoms with Gasteiger partial charge in [-0.15, -0.1) is 0 Å². The van der Waals surface area contributed by atoms with Gasteiger partial charge in [-0.1, -0.05) is 85.7 Å². The first-order valence-corrected chi connectivity index (χ1v) is 19.1. The van der Waals surface area contributed by atoms with Gasteiger partial charge in [0.05, 0.1) is 16.8 Å². The van der Waals surface area contributed by atoms with Crippen molar-refractivity contribution in [3.63, 3.8) is 0 Å². The molecule has 0 saturated carbocycles. The zero-order valence-corrected chi connectivity index (χ0v) is 31.7. The zero-order chi connectivity index (χ0) is 38.5. The van der Waals surface area contributed by atoms with Crippen LogP contribution in [0.15, 0.2) is 82.4 Å². The van der Waals surface area contributed by atoms with Crippen molar-refractivity contribution in [3.05, 3.63) is 106 Å². The highest BCUT2D eigenvalue weighted by molar-refractivity contribution is 8.76. The number of aliphatic hydroxyl groups is 1. The number of carbonyl (C=O) groups excluding carboxylic acids is 2. The SMILES string of the molecule is Cc1cc2c(c(O)c1-c1c(C)cc3c(C(C)C)c(O)c(O)c(C=O)c3c1O)/C(=C\Nc1ccccc1SSc1ccccc1N)C(=O)C(O)=C2C(C)C. The number of hydrogen-bond acceptors (Lipinski definition) is 11. The van der Waals surface area contributed by atoms with Crippen molar-refractivity contribution in [2.24, 2.45) is 5.92 Å². The number of anilines is 2. The molecule has 0 spiro atoms. The number of phenols is 4. The second-order valence-corrected chi connectivity index (χ2v) is 15.8. The van der Waals surface area contributed by atoms with Crippen molar-refractivity contribution >= 4 is 67.0 Å². The topological polar surface area (TPSA) is 173 Å². The number of hydrogen-bond donors (Lipinski definition) is 7. The lowest BCUT2D eigenvalue weighted by molar-refractivity contribution is -0.112. The van der Waals surface area contributed by atoms with Gasteiger partial charge in [-0.3, -0.25) is 9.59 Å². The number of fused-ring (bicyclic) bond motifs is 2. The maximum absolute atomic E-state index is 14.0. The molecule has 6 rings (SSSR count). The van der Waals surface area contributed by atoms with E-state index in [2.05, 4.69) is 5.32 Å². The number of Topliss-reactive ketones (excluding diaryl/α,β-unsaturated/α-hetero) is 1. The van der Waals surface area contributed by atoms with E-state index in [9.17, 15) is 35.1 Å². The van der Waals surface area contributed by atoms with Crippen LogP contribution in [0, 0.1) is 19.8 Å². The summed E-state index contributed by atoms with van der Waals surface area (Å²) in [6.45, 7) is 10.8. The Morgan fingerprint density at radius 3 is 1.98 bits per heavy atom. The Morgan fingerprint density at radius 2 is 1.34 bits per heavy atom. The Labute approximate surface area is 315 Å². The van der Waals surface area contributed by atoms with E-state index in [0.717, 1.165) is 9.79 Å². The molecule has 0 atom stereocenters. The lowest BCUT2D eigenvalue weighted by Crippen LogP contribution is -2.19. The molecule has 272 valence electrons. The Kier molecular flexibility index (Phi) is 10.2. The first-order valence-electron chi connectivity index (χ1n) is 17.0. The molecule has 0 aromatic heterocycles. The molecular formula is C42H40N2O7S2. The summed E-state index contributed by atoms with van der Waals surface area (Å²) in [6, 6.07) is 18.5. The molecular weight excluding hydrogens is 709 g/mol. The highest BCUT2D eigenvalue weighted by atomic mass is 33.1. The Bertz CT molecular complexity index is 2410. The van der Waals surface area contributed by atoms with E-state index in [0.29, 0.717) is 50.9 Å². The smallest absolute Gasteiger partial charge is 0.229 e. The fourth-order valence-electron chi connectivity index (χ4n) is 7.07. The van der Waals surface area contributed by atoms with Crippen molar-refractivity contribution in [2.45, 2.75) is 57.3 Å². The number of carbonyl (C=O) groups is 2. The number of nitrogens with two attached hydrogens (primary N) is 1. The summed E-state index contributed by atoms with van der Waals surface area (Å²) in [5.74, 6) is -3.50. The third-order valence-electron chi connectivity index (χ3n) is 9.49. The number of aryl methyl sites for hydroxylation is 2. The number of allylic oxidation sites excluding steroid dienone is 2. The minimum Gasteiger partial charge on any atom is -0.507 e. The summed E-state index contributed by atoms with van der Waals surface area (Å²) in [5, 5.41) is 60.9. The van der Waals surface area contributed by atoms with Crippen molar-refractivity contribution in [1.82, 2.24) is 0 Å². The number of ketones is 1. The van der Waals surface area contributed by atoms with Gasteiger partial charge in [-0.2, -0.15) is 0 Å². The first-order chi connectivity index (χ1) is 25.2. The molecule has 0 heterocycles. The fourth-order valence-corrected chi connectivity index (χ4v) is 9.33. The zero-order valence-electron chi connectivity index (χ0n) is 30.0. The lowest BCUT2D eigenvalue weighted by atomic mass is 9.77. The second-order valence-electron chi connectivity index (χ2n) is 13.6. The van der Waals surface area contributed by atoms with Crippen molar-refractivity contribution in [3.8, 4) is 34.1 Å². The van der Waals surface area contributed by atoms with Crippen LogP contribution in [0.25, 0.3) is 33.0 Å². The molecule has 0 aliphatic heterocycles. The van der Waals surface area contributed by atoms with Gasteiger partial charge in [0.1, 0.15) is 11.5 Å². The number of para-hydroxylation sites is 2. The molecule has 0 fully saturated rings. The molecule has 0 bridgehead atoms. The maximum atomic E-state index is 14.0. The molecule has 53 heavy (non-hydrogen) atoms. The standard InChI is InChI=1S/C42H40N2O7S2/c1-19(2)31-23-15-21(5)33(34-22(6)16-24-32(20(3)4)42(51)38(47)26(18-45)36(24)40(34)49)39(48)35(23)25(37(46)41(31)50)17-44-28-12-8-10-14-30(28)53-52-29-13-9-7-11-27(29)43/h7-20,44,47-51H,43H2,1-6H3/b25-17+. The largest absolute Gasteiger partial charge is 0.507 e. The molecule has 5 aromatic carbocycles. The fraction of sp³-hybridized carbons (Fsp3) is 0.190. The number of benzene rings is 5. The molecule has 8 N–H and O–H groups in total. The molecule has 0 amide bonds. The summed E-state index contributed by atoms with van der Waals surface area (Å²) >= 11 is 0. The van der Waals surface area contributed by atoms with Crippen LogP contribution in [-0.2, 0) is 4.79 Å². The van der Waals surface area contributed by atoms with E-state index in [-0.39, 0.29) is 56.5 Å². The predicted molar refractivity (Wildman–Crippen MR) is 215 cm³/mol. The van der Waals surface area contributed by atoms with Crippen LogP contribution < -0.4 is 11.1 Å². The van der Waals surface area contributed by atoms with Crippen molar-refractivity contribution < 1.29 is 35.1 Å². The highest BCUT2D eigenvalue weighted by Gasteiger charge is 2.36. The number of aromatic hydroxyl groups is 4. The van der Waals surface area contributed by atoms with E-state index in [1.54, 1.807) is 26.0 Å². The number of aldehydes is 1. The normalized spacial score (nSPS) is 13.7. The van der Waals surface area contributed by atoms with E-state index in [1.165, 1.54) is 27.8 Å². The number of nitrogen functional groups attached to an aromatic ring is 1. The molecule has 9 nitrogen and oxygen atoms in total. The Balaban J connectivity index is 1.56. The van der Waals surface area contributed by atoms with Gasteiger partial charge in [-0.05, 0) is 72.0 Å². The quantitative estimate of drug-likeness (QED) is 0.0251. The Hall–Kier alpha value is -5.52. The van der Waals surface area contributed by atoms with Gasteiger partial charge in [0.25, 0.3) is 0 Å². The van der Waals surface area contributed by atoms with Crippen LogP contribution in [0.5, 0.6) is 23.0 Å². The lowest BCUT2D eigenvalue weighted by Gasteiger charge is -2.28. The van der Waals surface area contributed by atoms with E-state index < -0.39 is 23.0 Å². The van der Waals surface area contributed by atoms with Crippen molar-refractivity contribution in [1.29, 1.82) is 0 Å². The highest BCUT2D eigenvalue weighted by Crippen LogP contribution is 2.54. The average molecular weight is 749 g/mol. The van der Waals surface area contributed by atoms with Crippen LogP contribution in [0.2, 0.25) is 0 Å². The number of nitrogens with one attached hydrogen (secondary N) is 1. The van der Waals surface area contributed by atoms with Crippen molar-refractivity contribution in [2.75, 3.05) is 11.1 Å². The molecule has 11 heteroatoms. The van der Waals surface area contributed by atoms with Gasteiger partial charge in [0, 0.05) is 54.9 Å². The molecule has 0 unspecified atom stereocenters. The third-order valence-corrected chi connectivity index (χ3v) is 12.0. The number of aliphatic hydroxyl groups excluding tert-OH is 1. The van der Waals surface area contributed by atoms with Crippen LogP contribution >= 0.6 is 21.6 Å². The van der Waals surface area contributed by atoms with Gasteiger partial charge in [0.15, 0.2) is 23.5 Å². The molecule has 1 aliphatic carbocycles. The monoisotopic (exact) mass is 748 g/mol. The predicted octanol–water partition coefficient (Wildman–Crippen LogP) is 10.2. The molecule has 5 aromatic rings. The minimum absolute atomic E-state index is 0.00316. The summed E-state index contributed by atoms with van der Waals surface area (Å²) in [7, 11) is 2.96. The number of phenolic OH excluding ortho intramolecular Hbond substituents is 4. The van der Waals surface area contributed by atoms with Gasteiger partial charge < -0.3 is 36.6 Å². The van der Waals surface area contributed by atoms with Crippen LogP contribution in [0.1, 0.15) is 71.8 Å². The van der Waals surface area contributed by atoms with Crippen LogP contribution in [-0.4, -0.2) is 37.6 Å². The number of rotatable bonds is 9. The van der Waals surface area contributed by atoms with Crippen LogP contribution in [0.4, 0.5) is 11.4 Å². The van der Waals surface area contributed by atoms with Gasteiger partial charge in [0.2, 0.25) is 5.78 Å². The van der Waals surface area contributed by atoms with E-state index in [4.69, 9.17) is 5.73 Å². The summed E-state index contributed by atoms with van der Waals surface area (Å²) in [5.41, 5.74) is 9.92. The summed E-state index contributed by atoms with van der Waals surface area (Å²) < 4.78 is 0. The van der Waals surface area contributed by atoms with Gasteiger partial charge in [-0.25, -0.2) is 0 Å². The summed E-state index contributed by atoms with van der Waals surface area (Å²) in [4.78, 5) is 28.1. The first kappa shape index (κ1) is 37.2.